The van der Waals surface area contributed by atoms with Crippen LogP contribution in [0, 0.1) is 0 Å². The van der Waals surface area contributed by atoms with Gasteiger partial charge in [0.1, 0.15) is 0 Å². The Morgan fingerprint density at radius 3 is 2.40 bits per heavy atom. The van der Waals surface area contributed by atoms with Crippen molar-refractivity contribution < 1.29 is 0 Å². The fourth-order valence-electron chi connectivity index (χ4n) is 3.49. The number of halogens is 1. The van der Waals surface area contributed by atoms with E-state index in [4.69, 9.17) is 0 Å². The Labute approximate surface area is 158 Å². The van der Waals surface area contributed by atoms with Crippen LogP contribution in [-0.4, -0.2) is 4.57 Å². The van der Waals surface area contributed by atoms with Crippen LogP contribution >= 0.6 is 15.9 Å². The van der Waals surface area contributed by atoms with Gasteiger partial charge in [-0.15, -0.1) is 6.58 Å². The van der Waals surface area contributed by atoms with Gasteiger partial charge in [-0.1, -0.05) is 58.4 Å². The van der Waals surface area contributed by atoms with Crippen molar-refractivity contribution in [1.29, 1.82) is 0 Å². The van der Waals surface area contributed by atoms with Gasteiger partial charge in [-0.05, 0) is 49.8 Å². The molecule has 1 nitrogen and oxygen atoms in total. The van der Waals surface area contributed by atoms with E-state index in [0.717, 1.165) is 10.9 Å². The summed E-state index contributed by atoms with van der Waals surface area (Å²) in [6.07, 6.45) is 4.73. The van der Waals surface area contributed by atoms with E-state index < -0.39 is 0 Å². The van der Waals surface area contributed by atoms with Gasteiger partial charge >= 0.3 is 0 Å². The van der Waals surface area contributed by atoms with Crippen LogP contribution in [0.25, 0.3) is 22.2 Å². The molecule has 0 spiro atoms. The van der Waals surface area contributed by atoms with Gasteiger partial charge in [0.15, 0.2) is 0 Å². The lowest BCUT2D eigenvalue weighted by molar-refractivity contribution is 0.989. The third-order valence-electron chi connectivity index (χ3n) is 4.41. The van der Waals surface area contributed by atoms with Gasteiger partial charge in [0, 0.05) is 33.2 Å². The van der Waals surface area contributed by atoms with Crippen molar-refractivity contribution in [3.63, 3.8) is 0 Å². The quantitative estimate of drug-likeness (QED) is 0.410. The molecule has 0 saturated heterocycles. The number of benzene rings is 2. The van der Waals surface area contributed by atoms with Crippen LogP contribution in [0.3, 0.4) is 0 Å². The molecule has 0 bridgehead atoms. The van der Waals surface area contributed by atoms with Crippen LogP contribution in [-0.2, 0) is 6.42 Å². The number of hydrogen-bond donors (Lipinski definition) is 0. The minimum Gasteiger partial charge on any atom is -0.313 e. The summed E-state index contributed by atoms with van der Waals surface area (Å²) in [7, 11) is 0. The van der Waals surface area contributed by atoms with Crippen LogP contribution in [0.2, 0.25) is 0 Å². The van der Waals surface area contributed by atoms with Crippen LogP contribution in [0.4, 0.5) is 0 Å². The molecule has 1 heterocycles. The number of aromatic nitrogens is 1. The molecule has 126 valence electrons. The summed E-state index contributed by atoms with van der Waals surface area (Å²) in [6, 6.07) is 17.1. The predicted molar refractivity (Wildman–Crippen MR) is 113 cm³/mol. The molecule has 2 heteroatoms. The smallest absolute Gasteiger partial charge is 0.0538 e. The predicted octanol–water partition coefficient (Wildman–Crippen LogP) is 7.10. The first-order valence-corrected chi connectivity index (χ1v) is 9.19. The van der Waals surface area contributed by atoms with Crippen LogP contribution in [0.15, 0.2) is 83.9 Å². The Morgan fingerprint density at radius 1 is 1.08 bits per heavy atom. The molecule has 1 aliphatic carbocycles. The molecule has 2 aromatic carbocycles. The summed E-state index contributed by atoms with van der Waals surface area (Å²) < 4.78 is 3.50. The van der Waals surface area contributed by atoms with Crippen LogP contribution in [0.5, 0.6) is 0 Å². The first-order valence-electron chi connectivity index (χ1n) is 8.40. The van der Waals surface area contributed by atoms with Gasteiger partial charge in [0.05, 0.1) is 5.52 Å². The lowest BCUT2D eigenvalue weighted by Crippen LogP contribution is -1.99. The fraction of sp³-hybridized carbons (Fsp3) is 0.130. The van der Waals surface area contributed by atoms with Gasteiger partial charge in [0.25, 0.3) is 0 Å². The van der Waals surface area contributed by atoms with E-state index in [1.54, 1.807) is 6.08 Å². The van der Waals surface area contributed by atoms with Crippen molar-refractivity contribution >= 4 is 32.4 Å². The third-order valence-corrected chi connectivity index (χ3v) is 4.90. The van der Waals surface area contributed by atoms with E-state index in [-0.39, 0.29) is 0 Å². The Morgan fingerprint density at radius 2 is 1.76 bits per heavy atom. The number of fused-ring (bicyclic) bond motifs is 3. The average Bonchev–Trinajstić information content (AvgIpc) is 3.08. The number of para-hydroxylation sites is 1. The summed E-state index contributed by atoms with van der Waals surface area (Å²) in [4.78, 5) is 0. The van der Waals surface area contributed by atoms with Crippen molar-refractivity contribution in [1.82, 2.24) is 4.57 Å². The number of rotatable bonds is 2. The highest BCUT2D eigenvalue weighted by molar-refractivity contribution is 9.10. The van der Waals surface area contributed by atoms with Crippen molar-refractivity contribution in [3.8, 4) is 5.69 Å². The second-order valence-electron chi connectivity index (χ2n) is 6.14. The number of hydrogen-bond acceptors (Lipinski definition) is 0. The number of nitrogens with zero attached hydrogens (tertiary/aromatic N) is 1. The molecule has 0 unspecified atom stereocenters. The summed E-state index contributed by atoms with van der Waals surface area (Å²) in [5.41, 5.74) is 7.86. The molecular weight excluding hydrogens is 370 g/mol. The molecule has 0 fully saturated rings. The second kappa shape index (κ2) is 7.28. The Hall–Kier alpha value is -2.32. The summed E-state index contributed by atoms with van der Waals surface area (Å²) in [5.74, 6) is 0. The van der Waals surface area contributed by atoms with Gasteiger partial charge in [-0.25, -0.2) is 0 Å². The maximum Gasteiger partial charge on any atom is 0.0538 e. The monoisotopic (exact) mass is 391 g/mol. The highest BCUT2D eigenvalue weighted by Crippen LogP contribution is 2.42. The van der Waals surface area contributed by atoms with Gasteiger partial charge in [0.2, 0.25) is 0 Å². The van der Waals surface area contributed by atoms with E-state index in [0.29, 0.717) is 0 Å². The summed E-state index contributed by atoms with van der Waals surface area (Å²) >= 11 is 3.61. The van der Waals surface area contributed by atoms with Gasteiger partial charge in [-0.3, -0.25) is 0 Å². The number of allylic oxidation sites excluding steroid dienone is 4. The van der Waals surface area contributed by atoms with Gasteiger partial charge < -0.3 is 4.57 Å². The zero-order valence-corrected chi connectivity index (χ0v) is 16.3. The van der Waals surface area contributed by atoms with Crippen molar-refractivity contribution in [2.75, 3.05) is 0 Å². The molecule has 0 radical (unpaired) electrons. The SMILES string of the molecule is C=CC.C=CC1=C(C)Cc2c1c1cc(Br)ccc1n2-c1ccccc1. The van der Waals surface area contributed by atoms with E-state index in [1.807, 2.05) is 13.0 Å². The largest absolute Gasteiger partial charge is 0.313 e. The van der Waals surface area contributed by atoms with E-state index in [1.165, 1.54) is 39.0 Å². The first kappa shape index (κ1) is 17.5. The van der Waals surface area contributed by atoms with Crippen LogP contribution in [0.1, 0.15) is 25.1 Å². The highest BCUT2D eigenvalue weighted by atomic mass is 79.9. The molecule has 0 atom stereocenters. The standard InChI is InChI=1S/C20H16BrN.C3H6/c1-3-16-13(2)11-19-20(16)17-12-14(21)9-10-18(17)22(19)15-7-5-4-6-8-15;1-3-2/h3-10,12H,1,11H2,2H3;3H,1H2,2H3. The van der Waals surface area contributed by atoms with Crippen molar-refractivity contribution in [2.24, 2.45) is 0 Å². The average molecular weight is 392 g/mol. The molecule has 0 amide bonds. The van der Waals surface area contributed by atoms with E-state index in [9.17, 15) is 0 Å². The van der Waals surface area contributed by atoms with Crippen molar-refractivity contribution in [3.05, 3.63) is 95.1 Å². The second-order valence-corrected chi connectivity index (χ2v) is 7.05. The zero-order chi connectivity index (χ0) is 18.0. The lowest BCUT2D eigenvalue weighted by atomic mass is 10.1. The topological polar surface area (TPSA) is 4.93 Å². The van der Waals surface area contributed by atoms with Crippen LogP contribution < -0.4 is 0 Å². The molecule has 25 heavy (non-hydrogen) atoms. The van der Waals surface area contributed by atoms with Gasteiger partial charge in [-0.2, -0.15) is 0 Å². The molecule has 3 aromatic rings. The highest BCUT2D eigenvalue weighted by Gasteiger charge is 2.26. The molecule has 0 saturated carbocycles. The minimum absolute atomic E-state index is 0.984. The fourth-order valence-corrected chi connectivity index (χ4v) is 3.85. The molecule has 1 aromatic heterocycles. The third kappa shape index (κ3) is 3.03. The van der Waals surface area contributed by atoms with E-state index in [2.05, 4.69) is 89.1 Å². The molecular formula is C23H22BrN. The first-order chi connectivity index (χ1) is 12.1. The van der Waals surface area contributed by atoms with Crippen molar-refractivity contribution in [2.45, 2.75) is 20.3 Å². The molecule has 1 aliphatic rings. The normalized spacial score (nSPS) is 12.6. The Bertz CT molecular complexity index is 974. The maximum atomic E-state index is 4.02. The molecule has 0 N–H and O–H groups in total. The summed E-state index contributed by atoms with van der Waals surface area (Å²) in [5, 5.41) is 1.29. The molecule has 0 aliphatic heterocycles. The summed E-state index contributed by atoms with van der Waals surface area (Å²) in [6.45, 7) is 11.5. The maximum absolute atomic E-state index is 4.02. The Kier molecular flexibility index (Phi) is 5.10. The minimum atomic E-state index is 0.984. The zero-order valence-electron chi connectivity index (χ0n) is 14.7. The molecule has 4 rings (SSSR count). The van der Waals surface area contributed by atoms with E-state index >= 15 is 0 Å². The lowest BCUT2D eigenvalue weighted by Gasteiger charge is -2.10. The Balaban J connectivity index is 0.000000569.